The molecule has 6 nitrogen and oxygen atoms in total. The molecule has 0 bridgehead atoms. The number of pyridine rings is 1. The second kappa shape index (κ2) is 9.28. The average molecular weight is 281 g/mol. The number of aromatic nitrogens is 1. The van der Waals surface area contributed by atoms with E-state index in [1.165, 1.54) is 0 Å². The van der Waals surface area contributed by atoms with Crippen LogP contribution >= 0.6 is 0 Å². The van der Waals surface area contributed by atoms with E-state index >= 15 is 0 Å². The molecule has 1 aromatic rings. The maximum atomic E-state index is 11.4. The van der Waals surface area contributed by atoms with Crippen LogP contribution in [0, 0.1) is 6.92 Å². The van der Waals surface area contributed by atoms with Crippen LogP contribution in [-0.2, 0) is 16.1 Å². The quantitative estimate of drug-likeness (QED) is 0.650. The predicted octanol–water partition coefficient (Wildman–Crippen LogP) is 0.641. The Labute approximate surface area is 119 Å². The lowest BCUT2D eigenvalue weighted by molar-refractivity contribution is -0.123. The minimum atomic E-state index is -0.133. The summed E-state index contributed by atoms with van der Waals surface area (Å²) in [6.07, 6.45) is 0. The van der Waals surface area contributed by atoms with Gasteiger partial charge in [0.2, 0.25) is 0 Å². The van der Waals surface area contributed by atoms with Gasteiger partial charge >= 0.3 is 0 Å². The highest BCUT2D eigenvalue weighted by molar-refractivity contribution is 5.77. The first-order chi connectivity index (χ1) is 9.67. The molecule has 0 radical (unpaired) electrons. The minimum Gasteiger partial charge on any atom is -0.482 e. The molecule has 0 spiro atoms. The molecule has 0 aliphatic rings. The SMILES string of the molecule is CCNC(=O)COc1ccc(C)nc1CNCCOC. The third kappa shape index (κ3) is 5.99. The molecular weight excluding hydrogens is 258 g/mol. The van der Waals surface area contributed by atoms with Crippen molar-refractivity contribution in [2.75, 3.05) is 33.4 Å². The first-order valence-corrected chi connectivity index (χ1v) is 6.73. The van der Waals surface area contributed by atoms with Crippen molar-refractivity contribution in [3.63, 3.8) is 0 Å². The number of rotatable bonds is 9. The average Bonchev–Trinajstić information content (AvgIpc) is 2.43. The van der Waals surface area contributed by atoms with E-state index in [4.69, 9.17) is 9.47 Å². The Morgan fingerprint density at radius 2 is 2.20 bits per heavy atom. The molecule has 0 saturated carbocycles. The Morgan fingerprint density at radius 3 is 2.90 bits per heavy atom. The normalized spacial score (nSPS) is 10.3. The van der Waals surface area contributed by atoms with Crippen LogP contribution in [-0.4, -0.2) is 44.3 Å². The number of aryl methyl sites for hydroxylation is 1. The molecule has 1 rings (SSSR count). The molecule has 0 saturated heterocycles. The molecule has 1 amide bonds. The minimum absolute atomic E-state index is 0.00362. The van der Waals surface area contributed by atoms with E-state index in [-0.39, 0.29) is 12.5 Å². The Hall–Kier alpha value is -1.66. The van der Waals surface area contributed by atoms with E-state index in [9.17, 15) is 4.79 Å². The van der Waals surface area contributed by atoms with Gasteiger partial charge in [-0.25, -0.2) is 0 Å². The van der Waals surface area contributed by atoms with Crippen molar-refractivity contribution >= 4 is 5.91 Å². The topological polar surface area (TPSA) is 72.5 Å². The van der Waals surface area contributed by atoms with Crippen molar-refractivity contribution in [3.8, 4) is 5.75 Å². The summed E-state index contributed by atoms with van der Waals surface area (Å²) in [5, 5.41) is 5.90. The van der Waals surface area contributed by atoms with Crippen molar-refractivity contribution in [2.24, 2.45) is 0 Å². The second-order valence-electron chi connectivity index (χ2n) is 4.31. The Balaban J connectivity index is 2.57. The van der Waals surface area contributed by atoms with Gasteiger partial charge in [-0.15, -0.1) is 0 Å². The summed E-state index contributed by atoms with van der Waals surface area (Å²) in [7, 11) is 1.66. The number of carbonyl (C=O) groups is 1. The van der Waals surface area contributed by atoms with Crippen molar-refractivity contribution in [3.05, 3.63) is 23.5 Å². The molecule has 2 N–H and O–H groups in total. The highest BCUT2D eigenvalue weighted by Crippen LogP contribution is 2.16. The van der Waals surface area contributed by atoms with Gasteiger partial charge in [0.05, 0.1) is 12.3 Å². The smallest absolute Gasteiger partial charge is 0.257 e. The number of nitrogens with zero attached hydrogens (tertiary/aromatic N) is 1. The first kappa shape index (κ1) is 16.4. The zero-order valence-electron chi connectivity index (χ0n) is 12.4. The first-order valence-electron chi connectivity index (χ1n) is 6.73. The summed E-state index contributed by atoms with van der Waals surface area (Å²) in [6.45, 7) is 6.35. The molecule has 6 heteroatoms. The zero-order valence-corrected chi connectivity index (χ0v) is 12.4. The van der Waals surface area contributed by atoms with Gasteiger partial charge in [-0.1, -0.05) is 0 Å². The fourth-order valence-electron chi connectivity index (χ4n) is 1.63. The number of amides is 1. The van der Waals surface area contributed by atoms with Crippen LogP contribution in [0.3, 0.4) is 0 Å². The van der Waals surface area contributed by atoms with Crippen molar-refractivity contribution in [1.82, 2.24) is 15.6 Å². The van der Waals surface area contributed by atoms with Crippen molar-refractivity contribution < 1.29 is 14.3 Å². The Kier molecular flexibility index (Phi) is 7.60. The molecule has 0 aliphatic carbocycles. The summed E-state index contributed by atoms with van der Waals surface area (Å²) in [6, 6.07) is 3.71. The van der Waals surface area contributed by atoms with Gasteiger partial charge < -0.3 is 20.1 Å². The number of methoxy groups -OCH3 is 1. The van der Waals surface area contributed by atoms with E-state index in [1.54, 1.807) is 7.11 Å². The molecule has 0 aliphatic heterocycles. The number of ether oxygens (including phenoxy) is 2. The van der Waals surface area contributed by atoms with Crippen molar-refractivity contribution in [2.45, 2.75) is 20.4 Å². The van der Waals surface area contributed by atoms with Crippen LogP contribution in [0.5, 0.6) is 5.75 Å². The lowest BCUT2D eigenvalue weighted by Gasteiger charge is -2.12. The highest BCUT2D eigenvalue weighted by atomic mass is 16.5. The van der Waals surface area contributed by atoms with Gasteiger partial charge in [-0.3, -0.25) is 9.78 Å². The van der Waals surface area contributed by atoms with Crippen LogP contribution in [0.2, 0.25) is 0 Å². The van der Waals surface area contributed by atoms with E-state index in [0.717, 1.165) is 17.9 Å². The lowest BCUT2D eigenvalue weighted by Crippen LogP contribution is -2.29. The number of hydrogen-bond donors (Lipinski definition) is 2. The largest absolute Gasteiger partial charge is 0.482 e. The standard InChI is InChI=1S/C14H23N3O3/c1-4-16-14(18)10-20-13-6-5-11(2)17-12(13)9-15-7-8-19-3/h5-6,15H,4,7-10H2,1-3H3,(H,16,18). The molecule has 0 fully saturated rings. The number of nitrogens with one attached hydrogen (secondary N) is 2. The lowest BCUT2D eigenvalue weighted by atomic mass is 10.3. The van der Waals surface area contributed by atoms with Gasteiger partial charge in [0.15, 0.2) is 6.61 Å². The van der Waals surface area contributed by atoms with E-state index in [2.05, 4.69) is 15.6 Å². The van der Waals surface area contributed by atoms with E-state index < -0.39 is 0 Å². The van der Waals surface area contributed by atoms with Gasteiger partial charge in [-0.05, 0) is 26.0 Å². The third-order valence-electron chi connectivity index (χ3n) is 2.58. The van der Waals surface area contributed by atoms with Crippen LogP contribution in [0.25, 0.3) is 0 Å². The maximum Gasteiger partial charge on any atom is 0.257 e. The summed E-state index contributed by atoms with van der Waals surface area (Å²) >= 11 is 0. The van der Waals surface area contributed by atoms with Gasteiger partial charge in [0.1, 0.15) is 5.75 Å². The fraction of sp³-hybridized carbons (Fsp3) is 0.571. The number of likely N-dealkylation sites (N-methyl/N-ethyl adjacent to an activating group) is 1. The van der Waals surface area contributed by atoms with Gasteiger partial charge in [0.25, 0.3) is 5.91 Å². The Bertz CT molecular complexity index is 424. The molecule has 20 heavy (non-hydrogen) atoms. The predicted molar refractivity (Wildman–Crippen MR) is 76.7 cm³/mol. The second-order valence-corrected chi connectivity index (χ2v) is 4.31. The Morgan fingerprint density at radius 1 is 1.40 bits per heavy atom. The molecule has 1 heterocycles. The highest BCUT2D eigenvalue weighted by Gasteiger charge is 2.08. The molecule has 0 atom stereocenters. The zero-order chi connectivity index (χ0) is 14.8. The van der Waals surface area contributed by atoms with Crippen LogP contribution in [0.4, 0.5) is 0 Å². The molecular formula is C14H23N3O3. The summed E-state index contributed by atoms with van der Waals surface area (Å²) < 4.78 is 10.5. The van der Waals surface area contributed by atoms with Gasteiger partial charge in [-0.2, -0.15) is 0 Å². The van der Waals surface area contributed by atoms with Crippen LogP contribution < -0.4 is 15.4 Å². The summed E-state index contributed by atoms with van der Waals surface area (Å²) in [5.41, 5.74) is 1.71. The number of carbonyl (C=O) groups excluding carboxylic acids is 1. The van der Waals surface area contributed by atoms with Gasteiger partial charge in [0, 0.05) is 32.4 Å². The molecule has 0 aromatic carbocycles. The third-order valence-corrected chi connectivity index (χ3v) is 2.58. The molecule has 0 unspecified atom stereocenters. The number of hydrogen-bond acceptors (Lipinski definition) is 5. The van der Waals surface area contributed by atoms with E-state index in [0.29, 0.717) is 25.4 Å². The molecule has 1 aromatic heterocycles. The van der Waals surface area contributed by atoms with Crippen molar-refractivity contribution in [1.29, 1.82) is 0 Å². The summed E-state index contributed by atoms with van der Waals surface area (Å²) in [5.74, 6) is 0.498. The van der Waals surface area contributed by atoms with E-state index in [1.807, 2.05) is 26.0 Å². The fourth-order valence-corrected chi connectivity index (χ4v) is 1.63. The maximum absolute atomic E-state index is 11.4. The molecule has 112 valence electrons. The monoisotopic (exact) mass is 281 g/mol. The van der Waals surface area contributed by atoms with Crippen LogP contribution in [0.1, 0.15) is 18.3 Å². The van der Waals surface area contributed by atoms with Crippen LogP contribution in [0.15, 0.2) is 12.1 Å². The summed E-state index contributed by atoms with van der Waals surface area (Å²) in [4.78, 5) is 15.8.